The van der Waals surface area contributed by atoms with Crippen LogP contribution >= 0.6 is 0 Å². The van der Waals surface area contributed by atoms with Crippen LogP contribution < -0.4 is 14.2 Å². The highest BCUT2D eigenvalue weighted by molar-refractivity contribution is 5.72. The fourth-order valence-corrected chi connectivity index (χ4v) is 3.38. The summed E-state index contributed by atoms with van der Waals surface area (Å²) in [5.41, 5.74) is 3.21. The molecule has 0 fully saturated rings. The Labute approximate surface area is 207 Å². The van der Waals surface area contributed by atoms with Crippen LogP contribution in [0, 0.1) is 12.3 Å². The van der Waals surface area contributed by atoms with E-state index in [1.165, 1.54) is 12.1 Å². The molecule has 4 nitrogen and oxygen atoms in total. The molecule has 36 heavy (non-hydrogen) atoms. The smallest absolute Gasteiger partial charge is 0.422 e. The van der Waals surface area contributed by atoms with Gasteiger partial charge in [-0.3, -0.25) is 0 Å². The first-order valence-electron chi connectivity index (χ1n) is 11.1. The van der Waals surface area contributed by atoms with Crippen molar-refractivity contribution in [2.24, 2.45) is 0 Å². The van der Waals surface area contributed by atoms with Crippen molar-refractivity contribution in [1.82, 2.24) is 4.98 Å². The van der Waals surface area contributed by atoms with Gasteiger partial charge in [0.2, 0.25) is 11.8 Å². The average molecular weight is 489 g/mol. The summed E-state index contributed by atoms with van der Waals surface area (Å²) in [6.07, 6.45) is 0.962. The van der Waals surface area contributed by atoms with Gasteiger partial charge in [0.05, 0.1) is 5.56 Å². The van der Waals surface area contributed by atoms with Crippen LogP contribution in [0.5, 0.6) is 17.5 Å². The molecule has 182 valence electrons. The zero-order chi connectivity index (χ0) is 25.4. The molecule has 0 radical (unpaired) electrons. The minimum absolute atomic E-state index is 0.0502. The highest BCUT2D eigenvalue weighted by atomic mass is 19.4. The number of halogens is 3. The topological polar surface area (TPSA) is 40.6 Å². The Bertz CT molecular complexity index is 1330. The van der Waals surface area contributed by atoms with Crippen LogP contribution in [-0.4, -0.2) is 17.8 Å². The normalized spacial score (nSPS) is 10.9. The van der Waals surface area contributed by atoms with Gasteiger partial charge in [0, 0.05) is 11.6 Å². The molecule has 4 aromatic rings. The maximum absolute atomic E-state index is 12.7. The van der Waals surface area contributed by atoms with Crippen LogP contribution in [0.25, 0.3) is 11.1 Å². The van der Waals surface area contributed by atoms with Crippen LogP contribution in [0.3, 0.4) is 0 Å². The maximum atomic E-state index is 12.7. The van der Waals surface area contributed by atoms with Crippen molar-refractivity contribution in [3.05, 3.63) is 108 Å². The highest BCUT2D eigenvalue weighted by Gasteiger charge is 2.29. The van der Waals surface area contributed by atoms with Crippen LogP contribution in [0.4, 0.5) is 13.2 Å². The first-order chi connectivity index (χ1) is 17.4. The zero-order valence-electron chi connectivity index (χ0n) is 19.2. The fourth-order valence-electron chi connectivity index (χ4n) is 3.38. The molecule has 0 spiro atoms. The van der Waals surface area contributed by atoms with Crippen LogP contribution in [0.15, 0.2) is 91.0 Å². The van der Waals surface area contributed by atoms with Crippen LogP contribution in [-0.2, 0) is 13.2 Å². The molecule has 0 bridgehead atoms. The number of aromatic nitrogens is 1. The molecule has 1 heterocycles. The van der Waals surface area contributed by atoms with E-state index < -0.39 is 12.8 Å². The molecule has 0 amide bonds. The van der Waals surface area contributed by atoms with Crippen molar-refractivity contribution >= 4 is 0 Å². The summed E-state index contributed by atoms with van der Waals surface area (Å²) in [5.74, 6) is 2.91. The van der Waals surface area contributed by atoms with Crippen molar-refractivity contribution in [3.63, 3.8) is 0 Å². The quantitative estimate of drug-likeness (QED) is 0.242. The van der Waals surface area contributed by atoms with E-state index in [1.807, 2.05) is 60.7 Å². The number of alkyl halides is 3. The van der Waals surface area contributed by atoms with Gasteiger partial charge in [-0.1, -0.05) is 72.7 Å². The van der Waals surface area contributed by atoms with E-state index >= 15 is 0 Å². The fraction of sp³-hybridized carbons (Fsp3) is 0.138. The number of pyridine rings is 1. The van der Waals surface area contributed by atoms with Crippen molar-refractivity contribution in [2.45, 2.75) is 19.4 Å². The SMILES string of the molecule is C#Cc1ccc(-c2ccc(OCc3ccccc3)nc2OCc2ccccc2)cc1OCC(F)(F)F. The number of terminal acetylenes is 1. The minimum atomic E-state index is -4.49. The van der Waals surface area contributed by atoms with Gasteiger partial charge in [-0.2, -0.15) is 18.2 Å². The molecule has 3 aromatic carbocycles. The van der Waals surface area contributed by atoms with Gasteiger partial charge >= 0.3 is 6.18 Å². The Hall–Kier alpha value is -4.44. The first-order valence-corrected chi connectivity index (χ1v) is 11.1. The first kappa shape index (κ1) is 24.7. The lowest BCUT2D eigenvalue weighted by atomic mass is 10.0. The van der Waals surface area contributed by atoms with Crippen LogP contribution in [0.1, 0.15) is 16.7 Å². The van der Waals surface area contributed by atoms with E-state index in [2.05, 4.69) is 10.9 Å². The van der Waals surface area contributed by atoms with Crippen molar-refractivity contribution in [1.29, 1.82) is 0 Å². The molecule has 4 rings (SSSR count). The Morgan fingerprint density at radius 1 is 0.750 bits per heavy atom. The Kier molecular flexibility index (Phi) is 7.76. The largest absolute Gasteiger partial charge is 0.483 e. The minimum Gasteiger partial charge on any atom is -0.483 e. The number of hydrogen-bond donors (Lipinski definition) is 0. The lowest BCUT2D eigenvalue weighted by Crippen LogP contribution is -2.19. The van der Waals surface area contributed by atoms with Gasteiger partial charge in [0.1, 0.15) is 19.0 Å². The van der Waals surface area contributed by atoms with E-state index in [1.54, 1.807) is 18.2 Å². The Morgan fingerprint density at radius 2 is 1.39 bits per heavy atom. The van der Waals surface area contributed by atoms with Gasteiger partial charge in [-0.25, -0.2) is 0 Å². The molecular weight excluding hydrogens is 467 g/mol. The van der Waals surface area contributed by atoms with Gasteiger partial charge in [-0.05, 0) is 34.9 Å². The van der Waals surface area contributed by atoms with Gasteiger partial charge < -0.3 is 14.2 Å². The second-order valence-corrected chi connectivity index (χ2v) is 7.81. The van der Waals surface area contributed by atoms with E-state index in [0.717, 1.165) is 11.1 Å². The lowest BCUT2D eigenvalue weighted by molar-refractivity contribution is -0.153. The van der Waals surface area contributed by atoms with Gasteiger partial charge in [0.25, 0.3) is 0 Å². The molecule has 7 heteroatoms. The summed E-state index contributed by atoms with van der Waals surface area (Å²) < 4.78 is 55.1. The summed E-state index contributed by atoms with van der Waals surface area (Å²) in [6, 6.07) is 27.3. The van der Waals surface area contributed by atoms with E-state index in [4.69, 9.17) is 20.6 Å². The molecule has 0 saturated heterocycles. The maximum Gasteiger partial charge on any atom is 0.422 e. The van der Waals surface area contributed by atoms with Gasteiger partial charge in [-0.15, -0.1) is 6.42 Å². The average Bonchev–Trinajstić information content (AvgIpc) is 2.90. The van der Waals surface area contributed by atoms with Crippen LogP contribution in [0.2, 0.25) is 0 Å². The summed E-state index contributed by atoms with van der Waals surface area (Å²) >= 11 is 0. The predicted octanol–water partition coefficient (Wildman–Crippen LogP) is 6.83. The number of rotatable bonds is 9. The summed E-state index contributed by atoms with van der Waals surface area (Å²) in [5, 5.41) is 0. The lowest BCUT2D eigenvalue weighted by Gasteiger charge is -2.15. The number of nitrogens with zero attached hydrogens (tertiary/aromatic N) is 1. The number of benzene rings is 3. The van der Waals surface area contributed by atoms with Gasteiger partial charge in [0.15, 0.2) is 6.61 Å². The standard InChI is InChI=1S/C29H22F3NO3/c1-2-23-13-14-24(17-26(23)36-20-29(30,31)32)25-15-16-27(34-18-21-9-5-3-6-10-21)33-28(25)35-19-22-11-7-4-8-12-22/h1,3-17H,18-20H2. The predicted molar refractivity (Wildman–Crippen MR) is 131 cm³/mol. The number of ether oxygens (including phenoxy) is 3. The van der Waals surface area contributed by atoms with E-state index in [9.17, 15) is 13.2 Å². The van der Waals surface area contributed by atoms with Crippen molar-refractivity contribution in [3.8, 4) is 41.0 Å². The van der Waals surface area contributed by atoms with E-state index in [-0.39, 0.29) is 23.8 Å². The highest BCUT2D eigenvalue weighted by Crippen LogP contribution is 2.35. The van der Waals surface area contributed by atoms with Crippen molar-refractivity contribution < 1.29 is 27.4 Å². The third-order valence-electron chi connectivity index (χ3n) is 5.12. The second-order valence-electron chi connectivity index (χ2n) is 7.81. The molecule has 0 atom stereocenters. The molecule has 0 aliphatic rings. The molecule has 0 unspecified atom stereocenters. The monoisotopic (exact) mass is 489 g/mol. The zero-order valence-corrected chi connectivity index (χ0v) is 19.2. The molecule has 0 saturated carbocycles. The Morgan fingerprint density at radius 3 is 2.00 bits per heavy atom. The summed E-state index contributed by atoms with van der Waals surface area (Å²) in [6.45, 7) is -0.895. The molecule has 0 aliphatic heterocycles. The third-order valence-corrected chi connectivity index (χ3v) is 5.12. The van der Waals surface area contributed by atoms with E-state index in [0.29, 0.717) is 23.6 Å². The molecular formula is C29H22F3NO3. The summed E-state index contributed by atoms with van der Waals surface area (Å²) in [7, 11) is 0. The number of hydrogen-bond acceptors (Lipinski definition) is 4. The molecule has 1 aromatic heterocycles. The third kappa shape index (κ3) is 6.80. The van der Waals surface area contributed by atoms with Crippen molar-refractivity contribution in [2.75, 3.05) is 6.61 Å². The molecule has 0 aliphatic carbocycles. The second kappa shape index (κ2) is 11.3. The molecule has 0 N–H and O–H groups in total. The summed E-state index contributed by atoms with van der Waals surface area (Å²) in [4.78, 5) is 4.53. The Balaban J connectivity index is 1.64.